The minimum absolute atomic E-state index is 0.0730. The van der Waals surface area contributed by atoms with Crippen molar-refractivity contribution in [2.75, 3.05) is 13.2 Å². The molecule has 10 heteroatoms. The quantitative estimate of drug-likeness (QED) is 0.367. The number of carbonyl (C=O) groups excluding carboxylic acids is 2. The SMILES string of the molecule is O=C1NC(=S)OC1=Cc1ccc(OCC2CCC(COc3ccc(C=C4OC(=S)NC4=O)cc3)CC2)cc1. The molecule has 0 spiro atoms. The van der Waals surface area contributed by atoms with Gasteiger partial charge >= 0.3 is 0 Å². The van der Waals surface area contributed by atoms with Gasteiger partial charge in [0.25, 0.3) is 22.2 Å². The lowest BCUT2D eigenvalue weighted by atomic mass is 9.83. The summed E-state index contributed by atoms with van der Waals surface area (Å²) in [5.74, 6) is 2.34. The number of carbonyl (C=O) groups is 2. The third-order valence-corrected chi connectivity index (χ3v) is 6.95. The van der Waals surface area contributed by atoms with Crippen LogP contribution in [0.4, 0.5) is 0 Å². The Morgan fingerprint density at radius 2 is 1.05 bits per heavy atom. The Balaban J connectivity index is 1.02. The number of ether oxygens (including phenoxy) is 4. The number of thiocarbonyl (C=S) groups is 2. The van der Waals surface area contributed by atoms with Gasteiger partial charge in [-0.15, -0.1) is 0 Å². The van der Waals surface area contributed by atoms with Crippen LogP contribution in [0.2, 0.25) is 0 Å². The van der Waals surface area contributed by atoms with Crippen LogP contribution >= 0.6 is 24.4 Å². The Labute approximate surface area is 231 Å². The normalized spacial score (nSPS) is 23.2. The summed E-state index contributed by atoms with van der Waals surface area (Å²) in [4.78, 5) is 23.4. The third kappa shape index (κ3) is 6.76. The fraction of sp³-hybridized carbons (Fsp3) is 0.286. The highest BCUT2D eigenvalue weighted by atomic mass is 32.1. The minimum atomic E-state index is -0.334. The summed E-state index contributed by atoms with van der Waals surface area (Å²) in [6.07, 6.45) is 7.69. The second-order valence-electron chi connectivity index (χ2n) is 9.35. The third-order valence-electron chi connectivity index (χ3n) is 6.58. The number of hydrogen-bond acceptors (Lipinski definition) is 8. The maximum Gasteiger partial charge on any atom is 0.294 e. The van der Waals surface area contributed by atoms with Crippen molar-refractivity contribution in [2.45, 2.75) is 25.7 Å². The Morgan fingerprint density at radius 3 is 1.37 bits per heavy atom. The Kier molecular flexibility index (Phi) is 8.00. The van der Waals surface area contributed by atoms with Crippen LogP contribution in [0.25, 0.3) is 12.2 Å². The molecule has 2 amide bonds. The monoisotopic (exact) mass is 550 g/mol. The standard InChI is InChI=1S/C28H26N2O6S2/c31-25-23(35-27(37)29-25)13-17-5-9-21(10-6-17)33-15-19-1-2-20(4-3-19)16-34-22-11-7-18(8-12-22)14-24-26(32)30-28(38)36-24/h5-14,19-20H,1-4,15-16H2,(H,29,31,37)(H,30,32,38). The van der Waals surface area contributed by atoms with E-state index in [9.17, 15) is 9.59 Å². The summed E-state index contributed by atoms with van der Waals surface area (Å²) in [5, 5.41) is 5.02. The zero-order valence-corrected chi connectivity index (χ0v) is 22.1. The number of rotatable bonds is 8. The van der Waals surface area contributed by atoms with E-state index < -0.39 is 0 Å². The van der Waals surface area contributed by atoms with E-state index in [0.717, 1.165) is 48.3 Å². The average molecular weight is 551 g/mol. The molecule has 196 valence electrons. The van der Waals surface area contributed by atoms with E-state index in [1.54, 1.807) is 12.2 Å². The Bertz CT molecular complexity index is 1190. The van der Waals surface area contributed by atoms with E-state index in [2.05, 4.69) is 10.6 Å². The van der Waals surface area contributed by atoms with E-state index in [1.807, 2.05) is 48.5 Å². The van der Waals surface area contributed by atoms with Crippen LogP contribution in [0.5, 0.6) is 11.5 Å². The first kappa shape index (κ1) is 25.9. The first-order valence-corrected chi connectivity index (χ1v) is 13.2. The van der Waals surface area contributed by atoms with Gasteiger partial charge in [-0.25, -0.2) is 0 Å². The van der Waals surface area contributed by atoms with E-state index in [4.69, 9.17) is 43.4 Å². The second-order valence-corrected chi connectivity index (χ2v) is 10.1. The summed E-state index contributed by atoms with van der Waals surface area (Å²) in [6.45, 7) is 1.36. The van der Waals surface area contributed by atoms with Crippen LogP contribution in [-0.4, -0.2) is 35.4 Å². The lowest BCUT2D eigenvalue weighted by Gasteiger charge is -2.28. The summed E-state index contributed by atoms with van der Waals surface area (Å²) in [5.41, 5.74) is 1.67. The van der Waals surface area contributed by atoms with Crippen molar-refractivity contribution in [1.29, 1.82) is 0 Å². The first-order chi connectivity index (χ1) is 18.4. The van der Waals surface area contributed by atoms with Crippen molar-refractivity contribution >= 4 is 58.8 Å². The molecule has 0 unspecified atom stereocenters. The van der Waals surface area contributed by atoms with Gasteiger partial charge in [0.1, 0.15) is 11.5 Å². The number of hydrogen-bond donors (Lipinski definition) is 2. The van der Waals surface area contributed by atoms with E-state index in [-0.39, 0.29) is 33.7 Å². The van der Waals surface area contributed by atoms with Crippen LogP contribution in [0.3, 0.4) is 0 Å². The van der Waals surface area contributed by atoms with Crippen LogP contribution in [0.1, 0.15) is 36.8 Å². The minimum Gasteiger partial charge on any atom is -0.493 e. The molecular weight excluding hydrogens is 524 g/mol. The van der Waals surface area contributed by atoms with Crippen LogP contribution in [0, 0.1) is 11.8 Å². The van der Waals surface area contributed by atoms with Crippen LogP contribution in [0.15, 0.2) is 60.0 Å². The lowest BCUT2D eigenvalue weighted by molar-refractivity contribution is -0.117. The van der Waals surface area contributed by atoms with Gasteiger partial charge in [0.05, 0.1) is 13.2 Å². The second kappa shape index (κ2) is 11.7. The lowest BCUT2D eigenvalue weighted by Crippen LogP contribution is -2.23. The van der Waals surface area contributed by atoms with Gasteiger partial charge in [0.15, 0.2) is 11.5 Å². The smallest absolute Gasteiger partial charge is 0.294 e. The molecule has 2 heterocycles. The molecule has 8 nitrogen and oxygen atoms in total. The maximum absolute atomic E-state index is 11.7. The van der Waals surface area contributed by atoms with Gasteiger partial charge in [0, 0.05) is 0 Å². The molecule has 2 saturated heterocycles. The fourth-order valence-corrected chi connectivity index (χ4v) is 4.82. The predicted molar refractivity (Wildman–Crippen MR) is 149 cm³/mol. The first-order valence-electron chi connectivity index (χ1n) is 12.4. The molecule has 1 aliphatic carbocycles. The van der Waals surface area contributed by atoms with Crippen LogP contribution < -0.4 is 20.1 Å². The van der Waals surface area contributed by atoms with Gasteiger partial charge in [-0.05, 0) is 109 Å². The van der Waals surface area contributed by atoms with E-state index in [1.165, 1.54) is 0 Å². The molecule has 0 radical (unpaired) electrons. The van der Waals surface area contributed by atoms with Gasteiger partial charge in [-0.1, -0.05) is 24.3 Å². The van der Waals surface area contributed by atoms with Crippen molar-refractivity contribution < 1.29 is 28.5 Å². The molecule has 0 aromatic heterocycles. The molecule has 0 atom stereocenters. The average Bonchev–Trinajstić information content (AvgIpc) is 3.41. The topological polar surface area (TPSA) is 95.1 Å². The van der Waals surface area contributed by atoms with E-state index in [0.29, 0.717) is 25.0 Å². The van der Waals surface area contributed by atoms with Crippen LogP contribution in [-0.2, 0) is 19.1 Å². The van der Waals surface area contributed by atoms with Gasteiger partial charge in [-0.2, -0.15) is 0 Å². The van der Waals surface area contributed by atoms with Gasteiger partial charge < -0.3 is 18.9 Å². The molecule has 0 bridgehead atoms. The maximum atomic E-state index is 11.7. The van der Waals surface area contributed by atoms with Crippen molar-refractivity contribution in [3.05, 3.63) is 71.2 Å². The zero-order valence-electron chi connectivity index (χ0n) is 20.4. The molecular formula is C28H26N2O6S2. The number of benzene rings is 2. The van der Waals surface area contributed by atoms with Gasteiger partial charge in [-0.3, -0.25) is 20.2 Å². The van der Waals surface area contributed by atoms with E-state index >= 15 is 0 Å². The van der Waals surface area contributed by atoms with Crippen molar-refractivity contribution in [2.24, 2.45) is 11.8 Å². The Hall–Kier alpha value is -3.76. The highest BCUT2D eigenvalue weighted by Crippen LogP contribution is 2.30. The molecule has 3 fully saturated rings. The fourth-order valence-electron chi connectivity index (χ4n) is 4.46. The summed E-state index contributed by atoms with van der Waals surface area (Å²) in [6, 6.07) is 15.1. The number of nitrogens with one attached hydrogen (secondary N) is 2. The summed E-state index contributed by atoms with van der Waals surface area (Å²) < 4.78 is 22.4. The molecule has 5 rings (SSSR count). The highest BCUT2D eigenvalue weighted by molar-refractivity contribution is 7.80. The molecule has 3 aliphatic rings. The molecule has 1 saturated carbocycles. The molecule has 2 aromatic carbocycles. The van der Waals surface area contributed by atoms with Gasteiger partial charge in [0.2, 0.25) is 0 Å². The highest BCUT2D eigenvalue weighted by Gasteiger charge is 2.24. The van der Waals surface area contributed by atoms with Crippen molar-refractivity contribution in [1.82, 2.24) is 10.6 Å². The molecule has 2 aromatic rings. The van der Waals surface area contributed by atoms with Crippen molar-refractivity contribution in [3.8, 4) is 11.5 Å². The van der Waals surface area contributed by atoms with Crippen molar-refractivity contribution in [3.63, 3.8) is 0 Å². The molecule has 38 heavy (non-hydrogen) atoms. The summed E-state index contributed by atoms with van der Waals surface area (Å²) in [7, 11) is 0. The largest absolute Gasteiger partial charge is 0.493 e. The number of amides is 2. The predicted octanol–water partition coefficient (Wildman–Crippen LogP) is 4.50. The zero-order chi connectivity index (χ0) is 26.5. The summed E-state index contributed by atoms with van der Waals surface area (Å²) >= 11 is 9.68. The Morgan fingerprint density at radius 1 is 0.684 bits per heavy atom. The molecule has 2 N–H and O–H groups in total. The molecule has 2 aliphatic heterocycles.